The van der Waals surface area contributed by atoms with Crippen LogP contribution in [0.5, 0.6) is 0 Å². The first kappa shape index (κ1) is 11.3. The number of nitrogens with one attached hydrogen (secondary N) is 1. The Balaban J connectivity index is 2.51. The number of nitrogens with two attached hydrogens (primary N) is 1. The number of rotatable bonds is 4. The molecular formula is C9H10Cl2N2O. The molecule has 0 saturated heterocycles. The van der Waals surface area contributed by atoms with Gasteiger partial charge in [-0.05, 0) is 17.7 Å². The maximum atomic E-state index is 10.4. The fourth-order valence-corrected chi connectivity index (χ4v) is 1.30. The molecule has 1 aromatic rings. The zero-order valence-corrected chi connectivity index (χ0v) is 8.90. The second kappa shape index (κ2) is 5.20. The van der Waals surface area contributed by atoms with Crippen LogP contribution in [-0.4, -0.2) is 12.5 Å². The molecule has 0 saturated carbocycles. The highest BCUT2D eigenvalue weighted by Crippen LogP contribution is 2.22. The van der Waals surface area contributed by atoms with Crippen molar-refractivity contribution in [2.75, 3.05) is 6.54 Å². The summed E-state index contributed by atoms with van der Waals surface area (Å²) in [6.45, 7) is 0.695. The number of hydrogen-bond donors (Lipinski definition) is 2. The van der Waals surface area contributed by atoms with E-state index in [0.717, 1.165) is 5.56 Å². The lowest BCUT2D eigenvalue weighted by atomic mass is 10.2. The van der Waals surface area contributed by atoms with E-state index in [1.165, 1.54) is 0 Å². The van der Waals surface area contributed by atoms with Crippen molar-refractivity contribution in [3.05, 3.63) is 33.8 Å². The fourth-order valence-electron chi connectivity index (χ4n) is 0.980. The van der Waals surface area contributed by atoms with Gasteiger partial charge in [0, 0.05) is 6.54 Å². The van der Waals surface area contributed by atoms with E-state index in [1.807, 2.05) is 6.07 Å². The highest BCUT2D eigenvalue weighted by Gasteiger charge is 1.99. The van der Waals surface area contributed by atoms with E-state index in [0.29, 0.717) is 16.6 Å². The van der Waals surface area contributed by atoms with Crippen LogP contribution in [-0.2, 0) is 11.3 Å². The van der Waals surface area contributed by atoms with Gasteiger partial charge in [-0.2, -0.15) is 0 Å². The third kappa shape index (κ3) is 3.54. The zero-order chi connectivity index (χ0) is 10.6. The number of hydrogen-bond acceptors (Lipinski definition) is 2. The number of carbonyl (C=O) groups excluding carboxylic acids is 1. The van der Waals surface area contributed by atoms with Gasteiger partial charge in [0.15, 0.2) is 0 Å². The smallest absolute Gasteiger partial charge is 0.231 e. The van der Waals surface area contributed by atoms with Crippen LogP contribution in [0.25, 0.3) is 0 Å². The molecule has 3 nitrogen and oxygen atoms in total. The summed E-state index contributed by atoms with van der Waals surface area (Å²) >= 11 is 11.5. The normalized spacial score (nSPS) is 10.1. The Bertz CT molecular complexity index is 342. The standard InChI is InChI=1S/C9H10Cl2N2O/c10-7-2-1-6(3-8(7)11)4-13-5-9(12)14/h1-3,13H,4-5H2,(H2,12,14). The Morgan fingerprint density at radius 3 is 2.64 bits per heavy atom. The van der Waals surface area contributed by atoms with Crippen molar-refractivity contribution >= 4 is 29.1 Å². The molecule has 1 rings (SSSR count). The highest BCUT2D eigenvalue weighted by atomic mass is 35.5. The van der Waals surface area contributed by atoms with Crippen LogP contribution in [0.15, 0.2) is 18.2 Å². The molecule has 3 N–H and O–H groups in total. The molecule has 76 valence electrons. The van der Waals surface area contributed by atoms with Crippen molar-refractivity contribution in [2.24, 2.45) is 5.73 Å². The quantitative estimate of drug-likeness (QED) is 0.829. The van der Waals surface area contributed by atoms with E-state index in [1.54, 1.807) is 12.1 Å². The number of carbonyl (C=O) groups is 1. The molecule has 0 aliphatic carbocycles. The van der Waals surface area contributed by atoms with Crippen molar-refractivity contribution < 1.29 is 4.79 Å². The Hall–Kier alpha value is -0.770. The number of benzene rings is 1. The first-order valence-corrected chi connectivity index (χ1v) is 4.78. The fraction of sp³-hybridized carbons (Fsp3) is 0.222. The van der Waals surface area contributed by atoms with E-state index < -0.39 is 0 Å². The molecule has 0 fully saturated rings. The molecule has 0 unspecified atom stereocenters. The molecule has 0 bridgehead atoms. The Morgan fingerprint density at radius 1 is 1.36 bits per heavy atom. The van der Waals surface area contributed by atoms with Crippen LogP contribution in [0.2, 0.25) is 10.0 Å². The van der Waals surface area contributed by atoms with Gasteiger partial charge < -0.3 is 11.1 Å². The second-order valence-corrected chi connectivity index (χ2v) is 3.63. The number of primary amides is 1. The molecule has 0 heterocycles. The molecule has 14 heavy (non-hydrogen) atoms. The Morgan fingerprint density at radius 2 is 2.07 bits per heavy atom. The average molecular weight is 233 g/mol. The van der Waals surface area contributed by atoms with E-state index >= 15 is 0 Å². The van der Waals surface area contributed by atoms with Crippen LogP contribution in [0.3, 0.4) is 0 Å². The van der Waals surface area contributed by atoms with Gasteiger partial charge in [0.25, 0.3) is 0 Å². The van der Waals surface area contributed by atoms with Gasteiger partial charge in [-0.3, -0.25) is 4.79 Å². The van der Waals surface area contributed by atoms with Crippen molar-refractivity contribution in [1.29, 1.82) is 0 Å². The monoisotopic (exact) mass is 232 g/mol. The van der Waals surface area contributed by atoms with Gasteiger partial charge in [-0.1, -0.05) is 29.3 Å². The van der Waals surface area contributed by atoms with E-state index in [9.17, 15) is 4.79 Å². The molecule has 0 aliphatic rings. The van der Waals surface area contributed by atoms with Gasteiger partial charge in [0.2, 0.25) is 5.91 Å². The average Bonchev–Trinajstić information content (AvgIpc) is 2.10. The minimum absolute atomic E-state index is 0.153. The van der Waals surface area contributed by atoms with E-state index in [-0.39, 0.29) is 12.5 Å². The first-order chi connectivity index (χ1) is 6.59. The summed E-state index contributed by atoms with van der Waals surface area (Å²) in [6, 6.07) is 5.30. The number of halogens is 2. The Kier molecular flexibility index (Phi) is 4.20. The summed E-state index contributed by atoms with van der Waals surface area (Å²) in [4.78, 5) is 10.4. The summed E-state index contributed by atoms with van der Waals surface area (Å²) in [7, 11) is 0. The minimum atomic E-state index is -0.384. The van der Waals surface area contributed by atoms with Crippen molar-refractivity contribution in [3.8, 4) is 0 Å². The lowest BCUT2D eigenvalue weighted by Crippen LogP contribution is -2.28. The van der Waals surface area contributed by atoms with Crippen LogP contribution in [0.1, 0.15) is 5.56 Å². The Labute approximate surface area is 92.2 Å². The zero-order valence-electron chi connectivity index (χ0n) is 7.39. The molecule has 1 amide bonds. The molecule has 0 spiro atoms. The molecule has 0 radical (unpaired) electrons. The minimum Gasteiger partial charge on any atom is -0.369 e. The molecule has 0 aromatic heterocycles. The van der Waals surface area contributed by atoms with Gasteiger partial charge >= 0.3 is 0 Å². The highest BCUT2D eigenvalue weighted by molar-refractivity contribution is 6.42. The topological polar surface area (TPSA) is 55.1 Å². The summed E-state index contributed by atoms with van der Waals surface area (Å²) in [5.41, 5.74) is 5.92. The van der Waals surface area contributed by atoms with E-state index in [2.05, 4.69) is 5.32 Å². The maximum absolute atomic E-state index is 10.4. The summed E-state index contributed by atoms with van der Waals surface area (Å²) in [5, 5.41) is 3.90. The van der Waals surface area contributed by atoms with Crippen LogP contribution >= 0.6 is 23.2 Å². The largest absolute Gasteiger partial charge is 0.369 e. The summed E-state index contributed by atoms with van der Waals surface area (Å²) < 4.78 is 0. The SMILES string of the molecule is NC(=O)CNCc1ccc(Cl)c(Cl)c1. The van der Waals surface area contributed by atoms with Crippen molar-refractivity contribution in [1.82, 2.24) is 5.32 Å². The van der Waals surface area contributed by atoms with Gasteiger partial charge in [0.05, 0.1) is 16.6 Å². The predicted molar refractivity (Wildman–Crippen MR) is 57.4 cm³/mol. The van der Waals surface area contributed by atoms with Crippen LogP contribution in [0, 0.1) is 0 Å². The van der Waals surface area contributed by atoms with Gasteiger partial charge in [-0.25, -0.2) is 0 Å². The van der Waals surface area contributed by atoms with E-state index in [4.69, 9.17) is 28.9 Å². The predicted octanol–water partition coefficient (Wildman–Crippen LogP) is 1.57. The van der Waals surface area contributed by atoms with Crippen molar-refractivity contribution in [3.63, 3.8) is 0 Å². The molecule has 1 aromatic carbocycles. The molecule has 0 aliphatic heterocycles. The number of amides is 1. The molecular weight excluding hydrogens is 223 g/mol. The first-order valence-electron chi connectivity index (χ1n) is 4.02. The third-order valence-corrected chi connectivity index (χ3v) is 2.35. The van der Waals surface area contributed by atoms with Gasteiger partial charge in [-0.15, -0.1) is 0 Å². The van der Waals surface area contributed by atoms with Crippen molar-refractivity contribution in [2.45, 2.75) is 6.54 Å². The molecule has 0 atom stereocenters. The van der Waals surface area contributed by atoms with Crippen LogP contribution < -0.4 is 11.1 Å². The summed E-state index contributed by atoms with van der Waals surface area (Å²) in [5.74, 6) is -0.384. The molecule has 5 heteroatoms. The lowest BCUT2D eigenvalue weighted by molar-refractivity contribution is -0.117. The third-order valence-electron chi connectivity index (χ3n) is 1.61. The lowest BCUT2D eigenvalue weighted by Gasteiger charge is -2.03. The van der Waals surface area contributed by atoms with Gasteiger partial charge in [0.1, 0.15) is 0 Å². The summed E-state index contributed by atoms with van der Waals surface area (Å²) in [6.07, 6.45) is 0. The van der Waals surface area contributed by atoms with Crippen LogP contribution in [0.4, 0.5) is 0 Å². The second-order valence-electron chi connectivity index (χ2n) is 2.82. The maximum Gasteiger partial charge on any atom is 0.231 e.